The fourth-order valence-electron chi connectivity index (χ4n) is 1.77. The van der Waals surface area contributed by atoms with Gasteiger partial charge in [0.1, 0.15) is 7.05 Å². The zero-order chi connectivity index (χ0) is 12.7. The van der Waals surface area contributed by atoms with Gasteiger partial charge in [0, 0.05) is 13.0 Å². The summed E-state index contributed by atoms with van der Waals surface area (Å²) in [6.45, 7) is 4.84. The largest absolute Gasteiger partial charge is 0.504 e. The Morgan fingerprint density at radius 2 is 1.94 bits per heavy atom. The highest BCUT2D eigenvalue weighted by Crippen LogP contribution is 2.26. The zero-order valence-electron chi connectivity index (χ0n) is 11.2. The Labute approximate surface area is 104 Å². The molecule has 96 valence electrons. The van der Waals surface area contributed by atoms with Crippen LogP contribution in [-0.4, -0.2) is 11.7 Å². The number of hydrogen-bond acceptors (Lipinski definition) is 2. The Hall–Kier alpha value is -1.25. The fraction of sp³-hybridized carbons (Fsp3) is 0.643. The van der Waals surface area contributed by atoms with Crippen LogP contribution >= 0.6 is 0 Å². The number of pyridine rings is 1. The SMILES string of the molecule is CCCCCCCOc1c(O)cc[n+](C)c1C. The van der Waals surface area contributed by atoms with Crippen molar-refractivity contribution in [3.05, 3.63) is 18.0 Å². The Morgan fingerprint density at radius 1 is 1.24 bits per heavy atom. The van der Waals surface area contributed by atoms with E-state index < -0.39 is 0 Å². The molecule has 17 heavy (non-hydrogen) atoms. The first-order chi connectivity index (χ1) is 8.16. The molecule has 0 unspecified atom stereocenters. The van der Waals surface area contributed by atoms with Gasteiger partial charge in [-0.2, -0.15) is 0 Å². The van der Waals surface area contributed by atoms with Crippen LogP contribution in [0.1, 0.15) is 44.7 Å². The highest BCUT2D eigenvalue weighted by Gasteiger charge is 2.14. The predicted octanol–water partition coefficient (Wildman–Crippen LogP) is 2.87. The summed E-state index contributed by atoms with van der Waals surface area (Å²) in [5.74, 6) is 0.847. The molecule has 0 aliphatic carbocycles. The number of rotatable bonds is 7. The second-order valence-electron chi connectivity index (χ2n) is 4.49. The van der Waals surface area contributed by atoms with E-state index in [-0.39, 0.29) is 5.75 Å². The number of unbranched alkanes of at least 4 members (excludes halogenated alkanes) is 4. The van der Waals surface area contributed by atoms with E-state index in [9.17, 15) is 5.11 Å². The van der Waals surface area contributed by atoms with Gasteiger partial charge in [-0.05, 0) is 6.42 Å². The summed E-state index contributed by atoms with van der Waals surface area (Å²) in [5.41, 5.74) is 0.957. The molecule has 0 aliphatic rings. The molecule has 0 spiro atoms. The van der Waals surface area contributed by atoms with Crippen LogP contribution < -0.4 is 9.30 Å². The van der Waals surface area contributed by atoms with Gasteiger partial charge in [-0.3, -0.25) is 0 Å². The molecule has 1 N–H and O–H groups in total. The molecule has 0 saturated heterocycles. The van der Waals surface area contributed by atoms with Crippen molar-refractivity contribution in [2.24, 2.45) is 7.05 Å². The summed E-state index contributed by atoms with van der Waals surface area (Å²) >= 11 is 0. The lowest BCUT2D eigenvalue weighted by molar-refractivity contribution is -0.678. The lowest BCUT2D eigenvalue weighted by Gasteiger charge is -2.08. The first kappa shape index (κ1) is 13.8. The minimum absolute atomic E-state index is 0.231. The van der Waals surface area contributed by atoms with Gasteiger partial charge in [0.25, 0.3) is 0 Å². The van der Waals surface area contributed by atoms with Crippen molar-refractivity contribution in [1.29, 1.82) is 0 Å². The summed E-state index contributed by atoms with van der Waals surface area (Å²) in [7, 11) is 1.95. The zero-order valence-corrected chi connectivity index (χ0v) is 11.2. The summed E-state index contributed by atoms with van der Waals surface area (Å²) < 4.78 is 7.61. The Morgan fingerprint density at radius 3 is 2.65 bits per heavy atom. The number of nitrogens with zero attached hydrogens (tertiary/aromatic N) is 1. The van der Waals surface area contributed by atoms with Crippen molar-refractivity contribution >= 4 is 0 Å². The van der Waals surface area contributed by atoms with E-state index in [1.165, 1.54) is 25.7 Å². The van der Waals surface area contributed by atoms with Crippen molar-refractivity contribution in [2.75, 3.05) is 6.61 Å². The second kappa shape index (κ2) is 7.15. The smallest absolute Gasteiger partial charge is 0.228 e. The molecular weight excluding hydrogens is 214 g/mol. The number of aryl methyl sites for hydroxylation is 1. The van der Waals surface area contributed by atoms with E-state index in [2.05, 4.69) is 6.92 Å². The molecule has 1 rings (SSSR count). The molecule has 0 radical (unpaired) electrons. The van der Waals surface area contributed by atoms with Crippen molar-refractivity contribution in [3.63, 3.8) is 0 Å². The third kappa shape index (κ3) is 4.25. The molecule has 0 aromatic carbocycles. The maximum atomic E-state index is 9.72. The van der Waals surface area contributed by atoms with Gasteiger partial charge in [-0.1, -0.05) is 32.6 Å². The van der Waals surface area contributed by atoms with Crippen LogP contribution in [0.2, 0.25) is 0 Å². The van der Waals surface area contributed by atoms with Crippen LogP contribution in [0.15, 0.2) is 12.3 Å². The van der Waals surface area contributed by atoms with Crippen LogP contribution in [0, 0.1) is 6.92 Å². The quantitative estimate of drug-likeness (QED) is 0.585. The normalized spacial score (nSPS) is 10.5. The summed E-state index contributed by atoms with van der Waals surface area (Å²) in [5, 5.41) is 9.72. The summed E-state index contributed by atoms with van der Waals surface area (Å²) in [4.78, 5) is 0. The number of aromatic hydroxyl groups is 1. The maximum Gasteiger partial charge on any atom is 0.228 e. The number of hydrogen-bond donors (Lipinski definition) is 1. The second-order valence-corrected chi connectivity index (χ2v) is 4.49. The maximum absolute atomic E-state index is 9.72. The third-order valence-corrected chi connectivity index (χ3v) is 3.04. The first-order valence-electron chi connectivity index (χ1n) is 6.47. The van der Waals surface area contributed by atoms with Crippen LogP contribution in [0.4, 0.5) is 0 Å². The topological polar surface area (TPSA) is 33.3 Å². The molecule has 1 aromatic rings. The van der Waals surface area contributed by atoms with Gasteiger partial charge in [-0.15, -0.1) is 0 Å². The Balaban J connectivity index is 2.39. The monoisotopic (exact) mass is 238 g/mol. The van der Waals surface area contributed by atoms with Crippen molar-refractivity contribution in [2.45, 2.75) is 46.0 Å². The molecule has 1 aromatic heterocycles. The van der Waals surface area contributed by atoms with E-state index in [1.807, 2.05) is 24.7 Å². The standard InChI is InChI=1S/C14H23NO2/c1-4-5-6-7-8-11-17-14-12(2)15(3)10-9-13(14)16/h9-10H,4-8,11H2,1-3H3/p+1. The molecule has 0 aliphatic heterocycles. The molecule has 3 heteroatoms. The molecular formula is C14H24NO2+. The summed E-state index contributed by atoms with van der Waals surface area (Å²) in [6, 6.07) is 1.67. The fourth-order valence-corrected chi connectivity index (χ4v) is 1.77. The molecule has 0 atom stereocenters. The van der Waals surface area contributed by atoms with Crippen LogP contribution in [0.3, 0.4) is 0 Å². The first-order valence-corrected chi connectivity index (χ1v) is 6.47. The van der Waals surface area contributed by atoms with E-state index in [4.69, 9.17) is 4.74 Å². The van der Waals surface area contributed by atoms with Crippen molar-refractivity contribution < 1.29 is 14.4 Å². The number of aromatic nitrogens is 1. The van der Waals surface area contributed by atoms with Gasteiger partial charge in [0.2, 0.25) is 11.4 Å². The molecule has 0 saturated carbocycles. The highest BCUT2D eigenvalue weighted by atomic mass is 16.5. The Bertz CT molecular complexity index is 350. The average Bonchev–Trinajstić information content (AvgIpc) is 2.32. The molecule has 1 heterocycles. The minimum atomic E-state index is 0.231. The van der Waals surface area contributed by atoms with Crippen molar-refractivity contribution in [1.82, 2.24) is 0 Å². The van der Waals surface area contributed by atoms with Crippen LogP contribution in [-0.2, 0) is 7.05 Å². The van der Waals surface area contributed by atoms with E-state index in [1.54, 1.807) is 6.07 Å². The van der Waals surface area contributed by atoms with Crippen LogP contribution in [0.25, 0.3) is 0 Å². The lowest BCUT2D eigenvalue weighted by atomic mass is 10.2. The van der Waals surface area contributed by atoms with Gasteiger partial charge in [0.15, 0.2) is 11.9 Å². The molecule has 0 fully saturated rings. The van der Waals surface area contributed by atoms with E-state index in [0.29, 0.717) is 12.4 Å². The van der Waals surface area contributed by atoms with Gasteiger partial charge in [0.05, 0.1) is 6.61 Å². The van der Waals surface area contributed by atoms with Gasteiger partial charge >= 0.3 is 0 Å². The highest BCUT2D eigenvalue weighted by molar-refractivity contribution is 5.38. The van der Waals surface area contributed by atoms with Gasteiger partial charge in [-0.25, -0.2) is 4.57 Å². The minimum Gasteiger partial charge on any atom is -0.504 e. The van der Waals surface area contributed by atoms with E-state index >= 15 is 0 Å². The third-order valence-electron chi connectivity index (χ3n) is 3.04. The van der Waals surface area contributed by atoms with Gasteiger partial charge < -0.3 is 9.84 Å². The van der Waals surface area contributed by atoms with Crippen LogP contribution in [0.5, 0.6) is 11.5 Å². The molecule has 0 amide bonds. The summed E-state index contributed by atoms with van der Waals surface area (Å²) in [6.07, 6.45) is 7.91. The predicted molar refractivity (Wildman–Crippen MR) is 68.3 cm³/mol. The average molecular weight is 238 g/mol. The molecule has 3 nitrogen and oxygen atoms in total. The molecule has 0 bridgehead atoms. The number of ether oxygens (including phenoxy) is 1. The lowest BCUT2D eigenvalue weighted by Crippen LogP contribution is -2.31. The van der Waals surface area contributed by atoms with E-state index in [0.717, 1.165) is 12.1 Å². The Kier molecular flexibility index (Phi) is 5.81. The van der Waals surface area contributed by atoms with Crippen molar-refractivity contribution in [3.8, 4) is 11.5 Å².